The van der Waals surface area contributed by atoms with Crippen molar-refractivity contribution < 1.29 is 33.4 Å². The van der Waals surface area contributed by atoms with Crippen LogP contribution in [0.4, 0.5) is 9.59 Å². The van der Waals surface area contributed by atoms with Gasteiger partial charge in [0.2, 0.25) is 11.3 Å². The first kappa shape index (κ1) is 26.2. The predicted octanol–water partition coefficient (Wildman–Crippen LogP) is 4.18. The van der Waals surface area contributed by atoms with Crippen molar-refractivity contribution >= 4 is 23.9 Å². The third-order valence-electron chi connectivity index (χ3n) is 4.38. The quantitative estimate of drug-likeness (QED) is 0.304. The van der Waals surface area contributed by atoms with E-state index >= 15 is 0 Å². The number of carbonyl (C=O) groups excluding carboxylic acids is 4. The smallest absolute Gasteiger partial charge is 0.430 e. The molecule has 2 rings (SSSR count). The molecule has 1 aliphatic rings. The molecule has 0 aromatic heterocycles. The summed E-state index contributed by atoms with van der Waals surface area (Å²) >= 11 is 0. The van der Waals surface area contributed by atoms with Gasteiger partial charge in [0.25, 0.3) is 0 Å². The number of hydrogen-bond donors (Lipinski definition) is 1. The van der Waals surface area contributed by atoms with Gasteiger partial charge in [0, 0.05) is 12.0 Å². The standard InChI is InChI=1S/C24H34N2O7/c1-21(2,3)31-18(28)24(14-15-12-10-11-13-16(15)17(24)27)26(20(30)33-23(7,8)9)25-19(29)32-22(4,5)6/h10-13H,14H2,1-9H3,(H,25,29)/t24-/m0/s1. The lowest BCUT2D eigenvalue weighted by molar-refractivity contribution is -0.167. The topological polar surface area (TPSA) is 111 Å². The van der Waals surface area contributed by atoms with Crippen molar-refractivity contribution in [2.75, 3.05) is 0 Å². The predicted molar refractivity (Wildman–Crippen MR) is 120 cm³/mol. The van der Waals surface area contributed by atoms with Crippen LogP contribution in [0.1, 0.15) is 78.2 Å². The van der Waals surface area contributed by atoms with Crippen LogP contribution in [0.15, 0.2) is 24.3 Å². The highest BCUT2D eigenvalue weighted by molar-refractivity contribution is 6.21. The third kappa shape index (κ3) is 6.24. The molecule has 1 aliphatic carbocycles. The van der Waals surface area contributed by atoms with Gasteiger partial charge in [-0.3, -0.25) is 4.79 Å². The minimum atomic E-state index is -2.21. The molecule has 0 saturated carbocycles. The molecule has 9 heteroatoms. The second-order valence-electron chi connectivity index (χ2n) is 11.0. The van der Waals surface area contributed by atoms with Crippen molar-refractivity contribution in [1.29, 1.82) is 0 Å². The van der Waals surface area contributed by atoms with E-state index in [0.29, 0.717) is 10.6 Å². The summed E-state index contributed by atoms with van der Waals surface area (Å²) in [5, 5.41) is 0.614. The Morgan fingerprint density at radius 1 is 0.848 bits per heavy atom. The Kier molecular flexibility index (Phi) is 6.88. The van der Waals surface area contributed by atoms with Gasteiger partial charge in [0.05, 0.1) is 0 Å². The average Bonchev–Trinajstić information content (AvgIpc) is 2.89. The summed E-state index contributed by atoms with van der Waals surface area (Å²) in [4.78, 5) is 53.2. The first-order valence-corrected chi connectivity index (χ1v) is 10.7. The Labute approximate surface area is 194 Å². The van der Waals surface area contributed by atoms with E-state index < -0.39 is 46.3 Å². The third-order valence-corrected chi connectivity index (χ3v) is 4.38. The molecule has 0 fully saturated rings. The maximum absolute atomic E-state index is 13.7. The van der Waals surface area contributed by atoms with Gasteiger partial charge in [0.1, 0.15) is 16.8 Å². The van der Waals surface area contributed by atoms with Gasteiger partial charge in [-0.2, -0.15) is 5.01 Å². The molecule has 33 heavy (non-hydrogen) atoms. The number of carbonyl (C=O) groups is 4. The van der Waals surface area contributed by atoms with Gasteiger partial charge in [-0.25, -0.2) is 19.8 Å². The minimum absolute atomic E-state index is 0.202. The number of rotatable bonds is 2. The van der Waals surface area contributed by atoms with E-state index in [1.807, 2.05) is 0 Å². The highest BCUT2D eigenvalue weighted by Crippen LogP contribution is 2.37. The molecule has 0 unspecified atom stereocenters. The van der Waals surface area contributed by atoms with Gasteiger partial charge in [-0.15, -0.1) is 0 Å². The Balaban J connectivity index is 2.65. The molecule has 1 aromatic rings. The fraction of sp³-hybridized carbons (Fsp3) is 0.583. The largest absolute Gasteiger partial charge is 0.458 e. The van der Waals surface area contributed by atoms with Crippen molar-refractivity contribution in [3.05, 3.63) is 35.4 Å². The number of esters is 1. The Morgan fingerprint density at radius 3 is 1.85 bits per heavy atom. The average molecular weight is 463 g/mol. The van der Waals surface area contributed by atoms with Crippen molar-refractivity contribution in [2.45, 2.75) is 91.1 Å². The molecule has 1 N–H and O–H groups in total. The summed E-state index contributed by atoms with van der Waals surface area (Å²) < 4.78 is 16.3. The van der Waals surface area contributed by atoms with Crippen LogP contribution in [0.25, 0.3) is 0 Å². The maximum Gasteiger partial charge on any atom is 0.430 e. The summed E-state index contributed by atoms with van der Waals surface area (Å²) in [6, 6.07) is 6.61. The van der Waals surface area contributed by atoms with Crippen molar-refractivity contribution in [1.82, 2.24) is 10.4 Å². The maximum atomic E-state index is 13.7. The number of ether oxygens (including phenoxy) is 3. The van der Waals surface area contributed by atoms with Gasteiger partial charge in [0.15, 0.2) is 0 Å². The minimum Gasteiger partial charge on any atom is -0.458 e. The second kappa shape index (κ2) is 8.68. The Bertz CT molecular complexity index is 951. The van der Waals surface area contributed by atoms with E-state index in [1.165, 1.54) is 0 Å². The van der Waals surface area contributed by atoms with Crippen molar-refractivity contribution in [2.24, 2.45) is 0 Å². The molecule has 0 bridgehead atoms. The van der Waals surface area contributed by atoms with E-state index in [9.17, 15) is 19.2 Å². The highest BCUT2D eigenvalue weighted by Gasteiger charge is 2.61. The van der Waals surface area contributed by atoms with Crippen LogP contribution in [0.5, 0.6) is 0 Å². The number of benzene rings is 1. The summed E-state index contributed by atoms with van der Waals surface area (Å²) in [6.07, 6.45) is -2.33. The first-order valence-electron chi connectivity index (χ1n) is 10.7. The molecule has 9 nitrogen and oxygen atoms in total. The number of nitrogens with zero attached hydrogens (tertiary/aromatic N) is 1. The van der Waals surface area contributed by atoms with Crippen LogP contribution >= 0.6 is 0 Å². The van der Waals surface area contributed by atoms with E-state index in [2.05, 4.69) is 5.43 Å². The molecule has 0 aliphatic heterocycles. The van der Waals surface area contributed by atoms with Gasteiger partial charge < -0.3 is 14.2 Å². The molecule has 0 saturated heterocycles. The highest BCUT2D eigenvalue weighted by atomic mass is 16.6. The normalized spacial score (nSPS) is 18.3. The Morgan fingerprint density at radius 2 is 1.36 bits per heavy atom. The second-order valence-corrected chi connectivity index (χ2v) is 11.0. The van der Waals surface area contributed by atoms with Crippen LogP contribution in [0, 0.1) is 0 Å². The van der Waals surface area contributed by atoms with E-state index in [0.717, 1.165) is 0 Å². The number of hydrazine groups is 1. The van der Waals surface area contributed by atoms with Crippen molar-refractivity contribution in [3.63, 3.8) is 0 Å². The molecule has 2 amide bonds. The molecular weight excluding hydrogens is 428 g/mol. The zero-order valence-corrected chi connectivity index (χ0v) is 20.8. The van der Waals surface area contributed by atoms with E-state index in [4.69, 9.17) is 14.2 Å². The molecule has 182 valence electrons. The lowest BCUT2D eigenvalue weighted by Gasteiger charge is -2.39. The number of hydrogen-bond acceptors (Lipinski definition) is 7. The summed E-state index contributed by atoms with van der Waals surface area (Å²) in [5.74, 6) is -1.67. The number of ketones is 1. The number of Topliss-reactive ketones (excluding diaryl/α,β-unsaturated/α-hetero) is 1. The van der Waals surface area contributed by atoms with E-state index in [-0.39, 0.29) is 12.0 Å². The van der Waals surface area contributed by atoms with Crippen LogP contribution in [-0.2, 0) is 25.4 Å². The van der Waals surface area contributed by atoms with E-state index in [1.54, 1.807) is 86.6 Å². The van der Waals surface area contributed by atoms with Crippen LogP contribution in [0.3, 0.4) is 0 Å². The van der Waals surface area contributed by atoms with Gasteiger partial charge >= 0.3 is 18.2 Å². The number of amides is 2. The lowest BCUT2D eigenvalue weighted by Crippen LogP contribution is -2.68. The molecule has 0 radical (unpaired) electrons. The zero-order valence-electron chi connectivity index (χ0n) is 20.8. The molecular formula is C24H34N2O7. The fourth-order valence-electron chi connectivity index (χ4n) is 3.27. The van der Waals surface area contributed by atoms with Crippen LogP contribution < -0.4 is 5.43 Å². The monoisotopic (exact) mass is 462 g/mol. The molecule has 1 aromatic carbocycles. The summed E-state index contributed by atoms with van der Waals surface area (Å²) in [7, 11) is 0. The van der Waals surface area contributed by atoms with Crippen molar-refractivity contribution in [3.8, 4) is 0 Å². The molecule has 0 heterocycles. The molecule has 0 spiro atoms. The molecule has 1 atom stereocenters. The van der Waals surface area contributed by atoms with Gasteiger partial charge in [-0.1, -0.05) is 24.3 Å². The summed E-state index contributed by atoms with van der Waals surface area (Å²) in [6.45, 7) is 14.7. The summed E-state index contributed by atoms with van der Waals surface area (Å²) in [5.41, 5.74) is -1.98. The fourth-order valence-corrected chi connectivity index (χ4v) is 3.27. The lowest BCUT2D eigenvalue weighted by atomic mass is 9.93. The van der Waals surface area contributed by atoms with Gasteiger partial charge in [-0.05, 0) is 67.9 Å². The zero-order chi connectivity index (χ0) is 25.4. The SMILES string of the molecule is CC(C)(C)OC(=O)NN(C(=O)OC(C)(C)C)[C@@]1(C(=O)OC(C)(C)C)Cc2ccccc2C1=O. The Hall–Kier alpha value is -3.10. The number of nitrogens with one attached hydrogen (secondary N) is 1. The van der Waals surface area contributed by atoms with Crippen LogP contribution in [0.2, 0.25) is 0 Å². The first-order chi connectivity index (χ1) is 14.9. The number of fused-ring (bicyclic) bond motifs is 1. The van der Waals surface area contributed by atoms with Crippen LogP contribution in [-0.4, -0.2) is 51.3 Å².